The fraction of sp³-hybridized carbons (Fsp3) is 0.538. The maximum atomic E-state index is 11.9. The van der Waals surface area contributed by atoms with Gasteiger partial charge in [-0.25, -0.2) is 4.98 Å². The first kappa shape index (κ1) is 14.9. The first-order valence-corrected chi connectivity index (χ1v) is 6.45. The first-order valence-electron chi connectivity index (χ1n) is 6.07. The Balaban J connectivity index is 2.66. The molecule has 0 aliphatic rings. The Labute approximate surface area is 112 Å². The predicted octanol–water partition coefficient (Wildman–Crippen LogP) is 2.26. The molecule has 0 aliphatic carbocycles. The molecule has 0 spiro atoms. The van der Waals surface area contributed by atoms with Crippen LogP contribution >= 0.6 is 11.6 Å². The number of halogens is 1. The minimum absolute atomic E-state index is 0.0668. The standard InChI is InChI=1S/C13H19ClN2O2/c1-3-13(4-2,9-17)8-16-12(18)10-5-6-15-11(14)7-10/h5-7,17H,3-4,8-9H2,1-2H3,(H,16,18). The van der Waals surface area contributed by atoms with Crippen molar-refractivity contribution in [2.45, 2.75) is 26.7 Å². The van der Waals surface area contributed by atoms with Crippen molar-refractivity contribution in [1.29, 1.82) is 0 Å². The van der Waals surface area contributed by atoms with Crippen LogP contribution in [0, 0.1) is 5.41 Å². The number of amides is 1. The van der Waals surface area contributed by atoms with Crippen molar-refractivity contribution in [3.63, 3.8) is 0 Å². The molecule has 0 unspecified atom stereocenters. The molecule has 4 nitrogen and oxygen atoms in total. The monoisotopic (exact) mass is 270 g/mol. The minimum Gasteiger partial charge on any atom is -0.396 e. The lowest BCUT2D eigenvalue weighted by molar-refractivity contribution is 0.0851. The SMILES string of the molecule is CCC(CC)(CO)CNC(=O)c1ccnc(Cl)c1. The zero-order valence-electron chi connectivity index (χ0n) is 10.7. The van der Waals surface area contributed by atoms with Crippen LogP contribution < -0.4 is 5.32 Å². The second-order valence-electron chi connectivity index (χ2n) is 4.42. The van der Waals surface area contributed by atoms with Gasteiger partial charge >= 0.3 is 0 Å². The molecule has 5 heteroatoms. The Kier molecular flexibility index (Phi) is 5.56. The highest BCUT2D eigenvalue weighted by molar-refractivity contribution is 6.29. The lowest BCUT2D eigenvalue weighted by atomic mass is 9.83. The number of aromatic nitrogens is 1. The van der Waals surface area contributed by atoms with Gasteiger partial charge < -0.3 is 10.4 Å². The van der Waals surface area contributed by atoms with Crippen LogP contribution in [0.2, 0.25) is 5.15 Å². The number of aliphatic hydroxyl groups excluding tert-OH is 1. The van der Waals surface area contributed by atoms with Crippen LogP contribution in [0.4, 0.5) is 0 Å². The molecule has 0 radical (unpaired) electrons. The molecule has 1 rings (SSSR count). The summed E-state index contributed by atoms with van der Waals surface area (Å²) in [6.07, 6.45) is 3.13. The molecule has 0 fully saturated rings. The Morgan fingerprint density at radius 1 is 1.50 bits per heavy atom. The van der Waals surface area contributed by atoms with Gasteiger partial charge in [-0.3, -0.25) is 4.79 Å². The lowest BCUT2D eigenvalue weighted by Crippen LogP contribution is -2.39. The summed E-state index contributed by atoms with van der Waals surface area (Å²) < 4.78 is 0. The van der Waals surface area contributed by atoms with E-state index in [0.29, 0.717) is 17.3 Å². The number of hydrogen-bond donors (Lipinski definition) is 2. The van der Waals surface area contributed by atoms with E-state index < -0.39 is 0 Å². The van der Waals surface area contributed by atoms with Gasteiger partial charge in [-0.1, -0.05) is 25.4 Å². The van der Waals surface area contributed by atoms with Crippen LogP contribution in [0.5, 0.6) is 0 Å². The van der Waals surface area contributed by atoms with Crippen molar-refractivity contribution in [2.24, 2.45) is 5.41 Å². The van der Waals surface area contributed by atoms with Crippen molar-refractivity contribution in [2.75, 3.05) is 13.2 Å². The maximum absolute atomic E-state index is 11.9. The molecule has 0 saturated carbocycles. The number of rotatable bonds is 6. The van der Waals surface area contributed by atoms with Crippen molar-refractivity contribution >= 4 is 17.5 Å². The predicted molar refractivity (Wildman–Crippen MR) is 71.7 cm³/mol. The average Bonchev–Trinajstić information content (AvgIpc) is 2.40. The molecule has 0 atom stereocenters. The summed E-state index contributed by atoms with van der Waals surface area (Å²) in [5, 5.41) is 12.5. The van der Waals surface area contributed by atoms with E-state index in [0.717, 1.165) is 12.8 Å². The van der Waals surface area contributed by atoms with E-state index in [-0.39, 0.29) is 17.9 Å². The Bertz CT molecular complexity index is 397. The first-order chi connectivity index (χ1) is 8.56. The molecule has 0 bridgehead atoms. The zero-order valence-corrected chi connectivity index (χ0v) is 11.5. The van der Waals surface area contributed by atoms with Gasteiger partial charge in [0.1, 0.15) is 5.15 Å². The summed E-state index contributed by atoms with van der Waals surface area (Å²) in [5.41, 5.74) is 0.237. The third kappa shape index (κ3) is 3.68. The summed E-state index contributed by atoms with van der Waals surface area (Å²) >= 11 is 5.73. The van der Waals surface area contributed by atoms with E-state index in [1.165, 1.54) is 12.3 Å². The minimum atomic E-state index is -0.244. The number of pyridine rings is 1. The molecule has 1 aromatic rings. The Hall–Kier alpha value is -1.13. The van der Waals surface area contributed by atoms with Crippen LogP contribution in [0.1, 0.15) is 37.0 Å². The quantitative estimate of drug-likeness (QED) is 0.780. The fourth-order valence-corrected chi connectivity index (χ4v) is 1.87. The number of aliphatic hydroxyl groups is 1. The summed E-state index contributed by atoms with van der Waals surface area (Å²) in [6.45, 7) is 4.54. The molecule has 2 N–H and O–H groups in total. The highest BCUT2D eigenvalue weighted by Crippen LogP contribution is 2.24. The second-order valence-corrected chi connectivity index (χ2v) is 4.80. The third-order valence-corrected chi connectivity index (χ3v) is 3.65. The largest absolute Gasteiger partial charge is 0.396 e. The summed E-state index contributed by atoms with van der Waals surface area (Å²) in [6, 6.07) is 3.13. The van der Waals surface area contributed by atoms with Gasteiger partial charge in [0.2, 0.25) is 0 Å². The summed E-state index contributed by atoms with van der Waals surface area (Å²) in [4.78, 5) is 15.7. The van der Waals surface area contributed by atoms with Crippen LogP contribution in [0.25, 0.3) is 0 Å². The van der Waals surface area contributed by atoms with Gasteiger partial charge in [-0.2, -0.15) is 0 Å². The van der Waals surface area contributed by atoms with Gasteiger partial charge in [-0.05, 0) is 25.0 Å². The van der Waals surface area contributed by atoms with Crippen LogP contribution in [-0.4, -0.2) is 29.1 Å². The Morgan fingerprint density at radius 2 is 2.17 bits per heavy atom. The van der Waals surface area contributed by atoms with E-state index in [1.807, 2.05) is 13.8 Å². The van der Waals surface area contributed by atoms with Crippen LogP contribution in [0.3, 0.4) is 0 Å². The second kappa shape index (κ2) is 6.71. The molecule has 0 aromatic carbocycles. The van der Waals surface area contributed by atoms with E-state index in [9.17, 15) is 9.90 Å². The number of carbonyl (C=O) groups excluding carboxylic acids is 1. The molecule has 1 heterocycles. The third-order valence-electron chi connectivity index (χ3n) is 3.45. The van der Waals surface area contributed by atoms with E-state index in [4.69, 9.17) is 11.6 Å². The van der Waals surface area contributed by atoms with Crippen molar-refractivity contribution in [1.82, 2.24) is 10.3 Å². The summed E-state index contributed by atoms with van der Waals surface area (Å²) in [5.74, 6) is -0.195. The van der Waals surface area contributed by atoms with Crippen molar-refractivity contribution in [3.8, 4) is 0 Å². The number of nitrogens with one attached hydrogen (secondary N) is 1. The average molecular weight is 271 g/mol. The summed E-state index contributed by atoms with van der Waals surface area (Å²) in [7, 11) is 0. The Morgan fingerprint density at radius 3 is 2.67 bits per heavy atom. The zero-order chi connectivity index (χ0) is 13.6. The maximum Gasteiger partial charge on any atom is 0.251 e. The highest BCUT2D eigenvalue weighted by atomic mass is 35.5. The molecule has 1 amide bonds. The number of nitrogens with zero attached hydrogens (tertiary/aromatic N) is 1. The topological polar surface area (TPSA) is 62.2 Å². The lowest BCUT2D eigenvalue weighted by Gasteiger charge is -2.29. The normalized spacial score (nSPS) is 11.3. The van der Waals surface area contributed by atoms with Crippen LogP contribution in [0.15, 0.2) is 18.3 Å². The molecule has 0 saturated heterocycles. The molecule has 0 aliphatic heterocycles. The number of hydrogen-bond acceptors (Lipinski definition) is 3. The van der Waals surface area contributed by atoms with E-state index >= 15 is 0 Å². The van der Waals surface area contributed by atoms with Crippen LogP contribution in [-0.2, 0) is 0 Å². The van der Waals surface area contributed by atoms with Gasteiger partial charge in [0.25, 0.3) is 5.91 Å². The smallest absolute Gasteiger partial charge is 0.251 e. The van der Waals surface area contributed by atoms with Crippen molar-refractivity contribution in [3.05, 3.63) is 29.0 Å². The van der Waals surface area contributed by atoms with Crippen molar-refractivity contribution < 1.29 is 9.90 Å². The molecule has 18 heavy (non-hydrogen) atoms. The van der Waals surface area contributed by atoms with Gasteiger partial charge in [0, 0.05) is 23.7 Å². The molecule has 100 valence electrons. The van der Waals surface area contributed by atoms with E-state index in [1.54, 1.807) is 6.07 Å². The van der Waals surface area contributed by atoms with Gasteiger partial charge in [0.05, 0.1) is 6.61 Å². The molecular weight excluding hydrogens is 252 g/mol. The molecule has 1 aromatic heterocycles. The number of carbonyl (C=O) groups is 1. The fourth-order valence-electron chi connectivity index (χ4n) is 1.69. The molecular formula is C13H19ClN2O2. The van der Waals surface area contributed by atoms with Gasteiger partial charge in [0.15, 0.2) is 0 Å². The van der Waals surface area contributed by atoms with Gasteiger partial charge in [-0.15, -0.1) is 0 Å². The highest BCUT2D eigenvalue weighted by Gasteiger charge is 2.25. The van der Waals surface area contributed by atoms with E-state index in [2.05, 4.69) is 10.3 Å².